The summed E-state index contributed by atoms with van der Waals surface area (Å²) in [5, 5.41) is 0. The maximum atomic E-state index is 5.72. The van der Waals surface area contributed by atoms with Crippen molar-refractivity contribution in [1.29, 1.82) is 0 Å². The van der Waals surface area contributed by atoms with Crippen LogP contribution in [0.3, 0.4) is 0 Å². The smallest absolute Gasteiger partial charge is 0.119 e. The van der Waals surface area contributed by atoms with Crippen LogP contribution in [0.2, 0.25) is 0 Å². The van der Waals surface area contributed by atoms with E-state index < -0.39 is 0 Å². The molecule has 0 aromatic heterocycles. The van der Waals surface area contributed by atoms with Crippen LogP contribution >= 0.6 is 37.2 Å². The number of piperazine rings is 1. The fraction of sp³-hybridized carbons (Fsp3) is 0.625. The van der Waals surface area contributed by atoms with Crippen molar-refractivity contribution in [2.45, 2.75) is 12.8 Å². The molecular formula is C16H30Cl3N3O. The van der Waals surface area contributed by atoms with Crippen molar-refractivity contribution in [3.05, 3.63) is 30.3 Å². The summed E-state index contributed by atoms with van der Waals surface area (Å²) < 4.78 is 5.72. The van der Waals surface area contributed by atoms with Gasteiger partial charge in [-0.05, 0) is 38.1 Å². The molecule has 7 heteroatoms. The van der Waals surface area contributed by atoms with Crippen LogP contribution in [-0.4, -0.2) is 62.2 Å². The number of ether oxygens (including phenoxy) is 1. The molecule has 1 aromatic carbocycles. The van der Waals surface area contributed by atoms with Crippen LogP contribution in [0, 0.1) is 0 Å². The van der Waals surface area contributed by atoms with Crippen LogP contribution in [0.25, 0.3) is 0 Å². The van der Waals surface area contributed by atoms with E-state index >= 15 is 0 Å². The van der Waals surface area contributed by atoms with Crippen molar-refractivity contribution in [3.63, 3.8) is 0 Å². The summed E-state index contributed by atoms with van der Waals surface area (Å²) in [6, 6.07) is 10.1. The minimum atomic E-state index is 0. The zero-order valence-electron chi connectivity index (χ0n) is 13.6. The van der Waals surface area contributed by atoms with E-state index in [-0.39, 0.29) is 37.2 Å². The van der Waals surface area contributed by atoms with Crippen LogP contribution in [0.1, 0.15) is 12.8 Å². The highest BCUT2D eigenvalue weighted by molar-refractivity contribution is 5.86. The van der Waals surface area contributed by atoms with E-state index in [1.165, 1.54) is 26.2 Å². The largest absolute Gasteiger partial charge is 0.494 e. The van der Waals surface area contributed by atoms with Crippen molar-refractivity contribution in [2.75, 3.05) is 52.4 Å². The Bertz CT molecular complexity index is 363. The average Bonchev–Trinajstić information content (AvgIpc) is 2.52. The summed E-state index contributed by atoms with van der Waals surface area (Å²) in [5.41, 5.74) is 5.55. The number of rotatable bonds is 8. The third-order valence-electron chi connectivity index (χ3n) is 3.77. The van der Waals surface area contributed by atoms with E-state index in [1.807, 2.05) is 30.3 Å². The summed E-state index contributed by atoms with van der Waals surface area (Å²) in [6.45, 7) is 8.61. The maximum absolute atomic E-state index is 5.72. The molecule has 0 unspecified atom stereocenters. The monoisotopic (exact) mass is 385 g/mol. The van der Waals surface area contributed by atoms with Gasteiger partial charge in [-0.3, -0.25) is 0 Å². The molecule has 1 heterocycles. The zero-order valence-corrected chi connectivity index (χ0v) is 16.0. The number of para-hydroxylation sites is 1. The van der Waals surface area contributed by atoms with Gasteiger partial charge in [-0.15, -0.1) is 37.2 Å². The van der Waals surface area contributed by atoms with E-state index in [0.29, 0.717) is 0 Å². The molecule has 0 atom stereocenters. The van der Waals surface area contributed by atoms with Gasteiger partial charge in [0.2, 0.25) is 0 Å². The minimum Gasteiger partial charge on any atom is -0.494 e. The second kappa shape index (κ2) is 15.3. The lowest BCUT2D eigenvalue weighted by Crippen LogP contribution is -2.47. The van der Waals surface area contributed by atoms with E-state index in [9.17, 15) is 0 Å². The van der Waals surface area contributed by atoms with Crippen LogP contribution in [0.5, 0.6) is 5.75 Å². The average molecular weight is 387 g/mol. The zero-order chi connectivity index (χ0) is 14.0. The fourth-order valence-electron chi connectivity index (χ4n) is 2.55. The molecule has 1 aromatic rings. The standard InChI is InChI=1S/C16H27N3O.3ClH/c17-8-4-9-18-11-13-19(14-12-18)10-5-15-20-16-6-2-1-3-7-16;;;/h1-3,6-7H,4-5,8-15,17H2;3*1H. The van der Waals surface area contributed by atoms with Gasteiger partial charge in [-0.25, -0.2) is 0 Å². The highest BCUT2D eigenvalue weighted by Crippen LogP contribution is 2.09. The van der Waals surface area contributed by atoms with Gasteiger partial charge in [0, 0.05) is 32.7 Å². The normalized spacial score (nSPS) is 15.0. The molecular weight excluding hydrogens is 357 g/mol. The Hall–Kier alpha value is -0.230. The second-order valence-electron chi connectivity index (χ2n) is 5.34. The third-order valence-corrected chi connectivity index (χ3v) is 3.77. The summed E-state index contributed by atoms with van der Waals surface area (Å²) in [7, 11) is 0. The Morgan fingerprint density at radius 3 is 1.87 bits per heavy atom. The second-order valence-corrected chi connectivity index (χ2v) is 5.34. The van der Waals surface area contributed by atoms with Gasteiger partial charge in [0.05, 0.1) is 6.61 Å². The van der Waals surface area contributed by atoms with Crippen molar-refractivity contribution >= 4 is 37.2 Å². The molecule has 1 saturated heterocycles. The highest BCUT2D eigenvalue weighted by atomic mass is 35.5. The molecule has 2 N–H and O–H groups in total. The Kier molecular flexibility index (Phi) is 16.6. The number of hydrogen-bond donors (Lipinski definition) is 1. The summed E-state index contributed by atoms with van der Waals surface area (Å²) in [4.78, 5) is 5.05. The van der Waals surface area contributed by atoms with Gasteiger partial charge in [-0.1, -0.05) is 18.2 Å². The molecule has 0 saturated carbocycles. The highest BCUT2D eigenvalue weighted by Gasteiger charge is 2.15. The number of nitrogens with zero attached hydrogens (tertiary/aromatic N) is 2. The van der Waals surface area contributed by atoms with Crippen molar-refractivity contribution < 1.29 is 4.74 Å². The lowest BCUT2D eigenvalue weighted by molar-refractivity contribution is 0.126. The van der Waals surface area contributed by atoms with Gasteiger partial charge in [0.1, 0.15) is 5.75 Å². The number of halogens is 3. The first-order valence-electron chi connectivity index (χ1n) is 7.71. The minimum absolute atomic E-state index is 0. The van der Waals surface area contributed by atoms with Gasteiger partial charge < -0.3 is 20.3 Å². The molecule has 0 amide bonds. The summed E-state index contributed by atoms with van der Waals surface area (Å²) in [6.07, 6.45) is 2.21. The van der Waals surface area contributed by atoms with Crippen LogP contribution in [0.4, 0.5) is 0 Å². The van der Waals surface area contributed by atoms with Gasteiger partial charge in [-0.2, -0.15) is 0 Å². The van der Waals surface area contributed by atoms with Gasteiger partial charge in [0.15, 0.2) is 0 Å². The fourth-order valence-corrected chi connectivity index (χ4v) is 2.55. The topological polar surface area (TPSA) is 41.7 Å². The number of hydrogen-bond acceptors (Lipinski definition) is 4. The first-order valence-corrected chi connectivity index (χ1v) is 7.71. The van der Waals surface area contributed by atoms with E-state index in [4.69, 9.17) is 10.5 Å². The molecule has 0 bridgehead atoms. The molecule has 1 aliphatic heterocycles. The lowest BCUT2D eigenvalue weighted by Gasteiger charge is -2.34. The molecule has 0 radical (unpaired) electrons. The molecule has 1 aliphatic rings. The Morgan fingerprint density at radius 2 is 1.35 bits per heavy atom. The van der Waals surface area contributed by atoms with Gasteiger partial charge >= 0.3 is 0 Å². The van der Waals surface area contributed by atoms with Crippen molar-refractivity contribution in [3.8, 4) is 5.75 Å². The first kappa shape index (κ1) is 25.0. The van der Waals surface area contributed by atoms with Crippen molar-refractivity contribution in [2.24, 2.45) is 5.73 Å². The summed E-state index contributed by atoms with van der Waals surface area (Å²) >= 11 is 0. The van der Waals surface area contributed by atoms with Crippen LogP contribution in [-0.2, 0) is 0 Å². The quantitative estimate of drug-likeness (QED) is 0.698. The predicted molar refractivity (Wildman–Crippen MR) is 105 cm³/mol. The molecule has 136 valence electrons. The number of benzene rings is 1. The number of nitrogens with two attached hydrogens (primary N) is 1. The molecule has 0 spiro atoms. The molecule has 4 nitrogen and oxygen atoms in total. The maximum Gasteiger partial charge on any atom is 0.119 e. The molecule has 1 fully saturated rings. The van der Waals surface area contributed by atoms with E-state index in [1.54, 1.807) is 0 Å². The Morgan fingerprint density at radius 1 is 0.826 bits per heavy atom. The summed E-state index contributed by atoms with van der Waals surface area (Å²) in [5.74, 6) is 0.971. The molecule has 23 heavy (non-hydrogen) atoms. The Balaban J connectivity index is 0. The lowest BCUT2D eigenvalue weighted by atomic mass is 10.2. The third kappa shape index (κ3) is 10.3. The van der Waals surface area contributed by atoms with E-state index in [2.05, 4.69) is 9.80 Å². The molecule has 2 rings (SSSR count). The molecule has 0 aliphatic carbocycles. The Labute approximate surface area is 159 Å². The van der Waals surface area contributed by atoms with Gasteiger partial charge in [0.25, 0.3) is 0 Å². The van der Waals surface area contributed by atoms with Crippen LogP contribution < -0.4 is 10.5 Å². The predicted octanol–water partition coefficient (Wildman–Crippen LogP) is 2.69. The van der Waals surface area contributed by atoms with Crippen molar-refractivity contribution in [1.82, 2.24) is 9.80 Å². The van der Waals surface area contributed by atoms with Crippen LogP contribution in [0.15, 0.2) is 30.3 Å². The van der Waals surface area contributed by atoms with E-state index in [0.717, 1.165) is 44.8 Å². The SMILES string of the molecule is Cl.Cl.Cl.NCCCN1CCN(CCCOc2ccccc2)CC1. The first-order chi connectivity index (χ1) is 9.88.